The topological polar surface area (TPSA) is 48.0 Å². The van der Waals surface area contributed by atoms with E-state index >= 15 is 0 Å². The molecule has 0 N–H and O–H groups in total. The summed E-state index contributed by atoms with van der Waals surface area (Å²) < 4.78 is 16.6. The molecule has 3 aromatic carbocycles. The molecule has 5 nitrogen and oxygen atoms in total. The molecule has 1 saturated heterocycles. The Kier molecular flexibility index (Phi) is 3.98. The molecule has 0 atom stereocenters. The van der Waals surface area contributed by atoms with Crippen LogP contribution in [0.15, 0.2) is 42.5 Å². The third-order valence-corrected chi connectivity index (χ3v) is 5.66. The summed E-state index contributed by atoms with van der Waals surface area (Å²) >= 11 is 0. The van der Waals surface area contributed by atoms with Crippen molar-refractivity contribution in [3.05, 3.63) is 53.6 Å². The van der Waals surface area contributed by atoms with Gasteiger partial charge in [-0.2, -0.15) is 0 Å². The van der Waals surface area contributed by atoms with Gasteiger partial charge in [-0.05, 0) is 34.7 Å². The summed E-state index contributed by atoms with van der Waals surface area (Å²) in [6, 6.07) is 13.9. The number of morpholine rings is 1. The van der Waals surface area contributed by atoms with Crippen molar-refractivity contribution >= 4 is 22.2 Å². The standard InChI is InChI=1S/C23H21NO4/c1-26-20-12-16-18(13-21(20)27-2)22-17(11-19(16)24-7-9-28-10-8-24)14-5-3-4-6-15(14)23(22)25/h3-6,11-13H,7-10H2,1-2H3. The lowest BCUT2D eigenvalue weighted by atomic mass is 9.95. The summed E-state index contributed by atoms with van der Waals surface area (Å²) in [5.41, 5.74) is 4.58. The molecule has 3 aromatic rings. The average Bonchev–Trinajstić information content (AvgIpc) is 3.05. The molecule has 0 saturated carbocycles. The quantitative estimate of drug-likeness (QED) is 0.543. The van der Waals surface area contributed by atoms with E-state index in [-0.39, 0.29) is 5.78 Å². The summed E-state index contributed by atoms with van der Waals surface area (Å²) in [6.07, 6.45) is 0. The van der Waals surface area contributed by atoms with E-state index in [4.69, 9.17) is 14.2 Å². The molecule has 1 aliphatic heterocycles. The molecule has 5 heteroatoms. The van der Waals surface area contributed by atoms with Crippen molar-refractivity contribution in [3.8, 4) is 22.6 Å². The number of methoxy groups -OCH3 is 2. The van der Waals surface area contributed by atoms with Crippen molar-refractivity contribution < 1.29 is 19.0 Å². The molecule has 0 bridgehead atoms. The predicted molar refractivity (Wildman–Crippen MR) is 109 cm³/mol. The van der Waals surface area contributed by atoms with Crippen LogP contribution >= 0.6 is 0 Å². The van der Waals surface area contributed by atoms with Crippen LogP contribution in [0.1, 0.15) is 15.9 Å². The minimum Gasteiger partial charge on any atom is -0.493 e. The first kappa shape index (κ1) is 17.1. The van der Waals surface area contributed by atoms with E-state index in [0.29, 0.717) is 24.7 Å². The highest BCUT2D eigenvalue weighted by Gasteiger charge is 2.31. The van der Waals surface area contributed by atoms with E-state index in [9.17, 15) is 4.79 Å². The minimum atomic E-state index is 0.0661. The average molecular weight is 375 g/mol. The Hall–Kier alpha value is -3.05. The number of carbonyl (C=O) groups excluding carboxylic acids is 1. The fourth-order valence-electron chi connectivity index (χ4n) is 4.30. The van der Waals surface area contributed by atoms with E-state index < -0.39 is 0 Å². The Morgan fingerprint density at radius 2 is 1.50 bits per heavy atom. The molecule has 5 rings (SSSR count). The third kappa shape index (κ3) is 2.39. The van der Waals surface area contributed by atoms with Gasteiger partial charge in [0.25, 0.3) is 0 Å². The van der Waals surface area contributed by atoms with Crippen LogP contribution in [-0.4, -0.2) is 46.3 Å². The second kappa shape index (κ2) is 6.53. The second-order valence-electron chi connectivity index (χ2n) is 7.05. The highest BCUT2D eigenvalue weighted by molar-refractivity contribution is 6.29. The zero-order valence-electron chi connectivity index (χ0n) is 16.0. The number of ether oxygens (including phenoxy) is 3. The monoisotopic (exact) mass is 375 g/mol. The molecule has 0 amide bonds. The van der Waals surface area contributed by atoms with Crippen LogP contribution in [0.25, 0.3) is 21.9 Å². The molecule has 142 valence electrons. The second-order valence-corrected chi connectivity index (χ2v) is 7.05. The first-order valence-electron chi connectivity index (χ1n) is 9.42. The molecule has 0 radical (unpaired) electrons. The number of anilines is 1. The van der Waals surface area contributed by atoms with Gasteiger partial charge in [-0.25, -0.2) is 0 Å². The van der Waals surface area contributed by atoms with Crippen molar-refractivity contribution in [1.82, 2.24) is 0 Å². The van der Waals surface area contributed by atoms with Gasteiger partial charge in [-0.3, -0.25) is 4.79 Å². The van der Waals surface area contributed by atoms with Crippen molar-refractivity contribution in [2.75, 3.05) is 45.4 Å². The number of benzene rings is 3. The Morgan fingerprint density at radius 3 is 2.18 bits per heavy atom. The largest absolute Gasteiger partial charge is 0.493 e. The Bertz CT molecular complexity index is 1100. The SMILES string of the molecule is COc1cc2c(N3CCOCC3)cc3c(c2cc1OC)C(=O)c1ccccc1-3. The summed E-state index contributed by atoms with van der Waals surface area (Å²) in [5, 5.41) is 1.90. The number of carbonyl (C=O) groups is 1. The Morgan fingerprint density at radius 1 is 0.857 bits per heavy atom. The molecule has 1 aliphatic carbocycles. The van der Waals surface area contributed by atoms with Gasteiger partial charge in [0.2, 0.25) is 0 Å². The van der Waals surface area contributed by atoms with Crippen LogP contribution in [0.3, 0.4) is 0 Å². The molecular formula is C23H21NO4. The summed E-state index contributed by atoms with van der Waals surface area (Å²) in [6.45, 7) is 3.03. The third-order valence-electron chi connectivity index (χ3n) is 5.66. The van der Waals surface area contributed by atoms with E-state index in [1.807, 2.05) is 36.4 Å². The van der Waals surface area contributed by atoms with E-state index in [0.717, 1.165) is 51.8 Å². The highest BCUT2D eigenvalue weighted by atomic mass is 16.5. The van der Waals surface area contributed by atoms with Gasteiger partial charge < -0.3 is 19.1 Å². The molecule has 0 unspecified atom stereocenters. The van der Waals surface area contributed by atoms with Gasteiger partial charge in [0.1, 0.15) is 0 Å². The number of ketones is 1. The number of rotatable bonds is 3. The molecular weight excluding hydrogens is 354 g/mol. The fourth-order valence-corrected chi connectivity index (χ4v) is 4.30. The lowest BCUT2D eigenvalue weighted by Gasteiger charge is -2.31. The van der Waals surface area contributed by atoms with Gasteiger partial charge in [0.05, 0.1) is 27.4 Å². The molecule has 0 spiro atoms. The minimum absolute atomic E-state index is 0.0661. The predicted octanol–water partition coefficient (Wildman–Crippen LogP) is 3.91. The maximum absolute atomic E-state index is 13.2. The molecule has 1 heterocycles. The van der Waals surface area contributed by atoms with E-state index in [1.54, 1.807) is 14.2 Å². The zero-order chi connectivity index (χ0) is 19.3. The van der Waals surface area contributed by atoms with Crippen LogP contribution in [0.4, 0.5) is 5.69 Å². The number of fused-ring (bicyclic) bond motifs is 5. The highest BCUT2D eigenvalue weighted by Crippen LogP contribution is 2.47. The van der Waals surface area contributed by atoms with Crippen molar-refractivity contribution in [1.29, 1.82) is 0 Å². The van der Waals surface area contributed by atoms with E-state index in [1.165, 1.54) is 0 Å². The van der Waals surface area contributed by atoms with Crippen LogP contribution in [0.2, 0.25) is 0 Å². The molecule has 28 heavy (non-hydrogen) atoms. The van der Waals surface area contributed by atoms with Gasteiger partial charge in [-0.1, -0.05) is 24.3 Å². The summed E-state index contributed by atoms with van der Waals surface area (Å²) in [5.74, 6) is 1.35. The smallest absolute Gasteiger partial charge is 0.194 e. The number of nitrogens with zero attached hydrogens (tertiary/aromatic N) is 1. The van der Waals surface area contributed by atoms with Gasteiger partial charge in [0.15, 0.2) is 17.3 Å². The van der Waals surface area contributed by atoms with Crippen molar-refractivity contribution in [3.63, 3.8) is 0 Å². The van der Waals surface area contributed by atoms with Gasteiger partial charge >= 0.3 is 0 Å². The van der Waals surface area contributed by atoms with Crippen LogP contribution in [0, 0.1) is 0 Å². The first-order chi connectivity index (χ1) is 13.7. The summed E-state index contributed by atoms with van der Waals surface area (Å²) in [7, 11) is 3.25. The lowest BCUT2D eigenvalue weighted by molar-refractivity contribution is 0.104. The number of hydrogen-bond acceptors (Lipinski definition) is 5. The fraction of sp³-hybridized carbons (Fsp3) is 0.261. The first-order valence-corrected chi connectivity index (χ1v) is 9.42. The molecule has 0 aromatic heterocycles. The maximum atomic E-state index is 13.2. The summed E-state index contributed by atoms with van der Waals surface area (Å²) in [4.78, 5) is 15.6. The van der Waals surface area contributed by atoms with Crippen molar-refractivity contribution in [2.45, 2.75) is 0 Å². The van der Waals surface area contributed by atoms with Crippen molar-refractivity contribution in [2.24, 2.45) is 0 Å². The Labute approximate surface area is 163 Å². The van der Waals surface area contributed by atoms with Crippen LogP contribution in [-0.2, 0) is 4.74 Å². The zero-order valence-corrected chi connectivity index (χ0v) is 16.0. The maximum Gasteiger partial charge on any atom is 0.194 e. The molecule has 1 fully saturated rings. The van der Waals surface area contributed by atoms with Gasteiger partial charge in [-0.15, -0.1) is 0 Å². The lowest BCUT2D eigenvalue weighted by Crippen LogP contribution is -2.36. The molecule has 2 aliphatic rings. The van der Waals surface area contributed by atoms with Gasteiger partial charge in [0, 0.05) is 35.3 Å². The van der Waals surface area contributed by atoms with Crippen LogP contribution in [0.5, 0.6) is 11.5 Å². The Balaban J connectivity index is 1.86. The number of hydrogen-bond donors (Lipinski definition) is 0. The van der Waals surface area contributed by atoms with Crippen LogP contribution < -0.4 is 14.4 Å². The normalized spacial score (nSPS) is 15.5. The van der Waals surface area contributed by atoms with E-state index in [2.05, 4.69) is 11.0 Å².